The van der Waals surface area contributed by atoms with Crippen LogP contribution in [0.2, 0.25) is 0 Å². The Morgan fingerprint density at radius 3 is 0.931 bits per heavy atom. The standard InChI is InChI=1S/C52H40N6/c1-37-51(53-49-17-9-11-35-55(37)49)41-23-31-47(32-24-41)57(43-13-5-3-6-14-43)45-27-19-39(20-28-45)40-21-29-46(30-22-40)58(44-15-7-4-8-16-44)48-33-25-42(26-34-48)52-38(2)56-36-12-10-18-50(56)54-52/h3-36H,1-2H3. The van der Waals surface area contributed by atoms with E-state index in [1.165, 1.54) is 0 Å². The first-order valence-corrected chi connectivity index (χ1v) is 19.6. The first kappa shape index (κ1) is 34.8. The van der Waals surface area contributed by atoms with Crippen molar-refractivity contribution >= 4 is 45.4 Å². The molecule has 0 unspecified atom stereocenters. The summed E-state index contributed by atoms with van der Waals surface area (Å²) in [5.74, 6) is 0. The van der Waals surface area contributed by atoms with Gasteiger partial charge in [0, 0.05) is 69.0 Å². The molecule has 10 aromatic rings. The zero-order valence-corrected chi connectivity index (χ0v) is 32.3. The molecule has 0 bridgehead atoms. The average Bonchev–Trinajstić information content (AvgIpc) is 3.81. The normalized spacial score (nSPS) is 11.3. The van der Waals surface area contributed by atoms with Gasteiger partial charge in [-0.25, -0.2) is 9.97 Å². The van der Waals surface area contributed by atoms with Crippen molar-refractivity contribution in [2.75, 3.05) is 9.80 Å². The summed E-state index contributed by atoms with van der Waals surface area (Å²) in [4.78, 5) is 14.4. The number of aryl methyl sites for hydroxylation is 2. The Bertz CT molecular complexity index is 2780. The fourth-order valence-electron chi connectivity index (χ4n) is 7.97. The van der Waals surface area contributed by atoms with E-state index in [0.29, 0.717) is 0 Å². The van der Waals surface area contributed by atoms with Crippen molar-refractivity contribution in [3.05, 3.63) is 218 Å². The molecular formula is C52H40N6. The molecule has 278 valence electrons. The van der Waals surface area contributed by atoms with Crippen molar-refractivity contribution in [3.63, 3.8) is 0 Å². The van der Waals surface area contributed by atoms with E-state index in [9.17, 15) is 0 Å². The SMILES string of the molecule is Cc1c(-c2ccc(N(c3ccccc3)c3ccc(-c4ccc(N(c5ccccc5)c5ccc(-c6nc7ccccn7c6C)cc5)cc4)cc3)cc2)nc2ccccn12. The van der Waals surface area contributed by atoms with E-state index in [1.54, 1.807) is 0 Å². The lowest BCUT2D eigenvalue weighted by molar-refractivity contribution is 1.11. The van der Waals surface area contributed by atoms with E-state index in [-0.39, 0.29) is 0 Å². The molecule has 0 atom stereocenters. The predicted octanol–water partition coefficient (Wildman–Crippen LogP) is 13.5. The summed E-state index contributed by atoms with van der Waals surface area (Å²) in [5.41, 5.74) is 17.2. The van der Waals surface area contributed by atoms with Crippen LogP contribution >= 0.6 is 0 Å². The Morgan fingerprint density at radius 1 is 0.310 bits per heavy atom. The first-order valence-electron chi connectivity index (χ1n) is 19.6. The Balaban J connectivity index is 0.932. The number of hydrogen-bond donors (Lipinski definition) is 0. The molecule has 6 heteroatoms. The van der Waals surface area contributed by atoms with Crippen molar-refractivity contribution in [1.82, 2.24) is 18.8 Å². The van der Waals surface area contributed by atoms with Crippen LogP contribution in [0.4, 0.5) is 34.1 Å². The number of aromatic nitrogens is 4. The average molecular weight is 749 g/mol. The van der Waals surface area contributed by atoms with Crippen LogP contribution in [0.5, 0.6) is 0 Å². The zero-order valence-electron chi connectivity index (χ0n) is 32.3. The van der Waals surface area contributed by atoms with Crippen LogP contribution in [-0.4, -0.2) is 18.8 Å². The monoisotopic (exact) mass is 748 g/mol. The van der Waals surface area contributed by atoms with Gasteiger partial charge in [0.2, 0.25) is 0 Å². The van der Waals surface area contributed by atoms with E-state index in [4.69, 9.17) is 9.97 Å². The molecule has 4 aromatic heterocycles. The second-order valence-corrected chi connectivity index (χ2v) is 14.5. The van der Waals surface area contributed by atoms with Crippen LogP contribution in [0.25, 0.3) is 44.9 Å². The van der Waals surface area contributed by atoms with Gasteiger partial charge in [-0.15, -0.1) is 0 Å². The minimum absolute atomic E-state index is 0.953. The fourth-order valence-corrected chi connectivity index (χ4v) is 7.97. The van der Waals surface area contributed by atoms with Crippen molar-refractivity contribution in [2.45, 2.75) is 13.8 Å². The number of nitrogens with zero attached hydrogens (tertiary/aromatic N) is 6. The van der Waals surface area contributed by atoms with Gasteiger partial charge in [0.25, 0.3) is 0 Å². The lowest BCUT2D eigenvalue weighted by Gasteiger charge is -2.26. The highest BCUT2D eigenvalue weighted by atomic mass is 15.1. The van der Waals surface area contributed by atoms with Gasteiger partial charge < -0.3 is 18.6 Å². The zero-order chi connectivity index (χ0) is 39.0. The van der Waals surface area contributed by atoms with Crippen LogP contribution in [0.1, 0.15) is 11.4 Å². The van der Waals surface area contributed by atoms with Crippen molar-refractivity contribution in [1.29, 1.82) is 0 Å². The predicted molar refractivity (Wildman–Crippen MR) is 239 cm³/mol. The van der Waals surface area contributed by atoms with Gasteiger partial charge in [0.1, 0.15) is 11.3 Å². The third kappa shape index (κ3) is 6.36. The van der Waals surface area contributed by atoms with E-state index < -0.39 is 0 Å². The molecule has 6 nitrogen and oxygen atoms in total. The first-order chi connectivity index (χ1) is 28.6. The second-order valence-electron chi connectivity index (χ2n) is 14.5. The number of rotatable bonds is 9. The Kier molecular flexibility index (Phi) is 8.84. The van der Waals surface area contributed by atoms with Gasteiger partial charge in [-0.2, -0.15) is 0 Å². The topological polar surface area (TPSA) is 41.1 Å². The molecule has 4 heterocycles. The molecule has 10 rings (SSSR count). The summed E-state index contributed by atoms with van der Waals surface area (Å²) in [5, 5.41) is 0. The molecule has 0 fully saturated rings. The van der Waals surface area contributed by atoms with Crippen molar-refractivity contribution in [3.8, 4) is 33.6 Å². The molecule has 6 aromatic carbocycles. The Labute approximate surface area is 338 Å². The minimum atomic E-state index is 0.953. The van der Waals surface area contributed by atoms with Crippen LogP contribution < -0.4 is 9.80 Å². The van der Waals surface area contributed by atoms with Crippen molar-refractivity contribution < 1.29 is 0 Å². The Morgan fingerprint density at radius 2 is 0.603 bits per heavy atom. The van der Waals surface area contributed by atoms with Crippen LogP contribution in [0.15, 0.2) is 207 Å². The van der Waals surface area contributed by atoms with E-state index in [0.717, 1.165) is 90.4 Å². The molecule has 0 saturated heterocycles. The molecule has 0 amide bonds. The highest BCUT2D eigenvalue weighted by Crippen LogP contribution is 2.39. The van der Waals surface area contributed by atoms with Crippen molar-refractivity contribution in [2.24, 2.45) is 0 Å². The third-order valence-corrected chi connectivity index (χ3v) is 10.9. The summed E-state index contributed by atoms with van der Waals surface area (Å²) in [6.45, 7) is 4.25. The number of anilines is 6. The largest absolute Gasteiger partial charge is 0.311 e. The molecule has 0 aliphatic rings. The van der Waals surface area contributed by atoms with Gasteiger partial charge in [-0.1, -0.05) is 97.1 Å². The molecule has 0 saturated carbocycles. The summed E-state index contributed by atoms with van der Waals surface area (Å²) in [7, 11) is 0. The summed E-state index contributed by atoms with van der Waals surface area (Å²) in [6.07, 6.45) is 4.13. The van der Waals surface area contributed by atoms with E-state index >= 15 is 0 Å². The highest BCUT2D eigenvalue weighted by molar-refractivity contribution is 5.82. The molecule has 0 N–H and O–H groups in total. The molecule has 0 spiro atoms. The van der Waals surface area contributed by atoms with E-state index in [1.807, 2.05) is 36.4 Å². The lowest BCUT2D eigenvalue weighted by Crippen LogP contribution is -2.10. The van der Waals surface area contributed by atoms with Gasteiger partial charge in [0.05, 0.1) is 11.4 Å². The summed E-state index contributed by atoms with van der Waals surface area (Å²) in [6, 6.07) is 68.4. The molecule has 0 radical (unpaired) electrons. The summed E-state index contributed by atoms with van der Waals surface area (Å²) >= 11 is 0. The van der Waals surface area contributed by atoms with Gasteiger partial charge >= 0.3 is 0 Å². The van der Waals surface area contributed by atoms with Crippen LogP contribution in [0.3, 0.4) is 0 Å². The second kappa shape index (κ2) is 14.8. The van der Waals surface area contributed by atoms with Gasteiger partial charge in [-0.3, -0.25) is 0 Å². The summed E-state index contributed by atoms with van der Waals surface area (Å²) < 4.78 is 4.27. The molecular weight excluding hydrogens is 709 g/mol. The number of fused-ring (bicyclic) bond motifs is 2. The number of hydrogen-bond acceptors (Lipinski definition) is 4. The molecule has 0 aliphatic carbocycles. The Hall–Kier alpha value is -7.70. The van der Waals surface area contributed by atoms with Crippen LogP contribution in [-0.2, 0) is 0 Å². The van der Waals surface area contributed by atoms with E-state index in [2.05, 4.69) is 203 Å². The lowest BCUT2D eigenvalue weighted by atomic mass is 10.0. The highest BCUT2D eigenvalue weighted by Gasteiger charge is 2.17. The maximum Gasteiger partial charge on any atom is 0.137 e. The quantitative estimate of drug-likeness (QED) is 0.147. The maximum atomic E-state index is 4.92. The smallest absolute Gasteiger partial charge is 0.137 e. The molecule has 0 aliphatic heterocycles. The number of para-hydroxylation sites is 2. The van der Waals surface area contributed by atoms with Gasteiger partial charge in [0.15, 0.2) is 0 Å². The molecule has 58 heavy (non-hydrogen) atoms. The number of pyridine rings is 2. The minimum Gasteiger partial charge on any atom is -0.311 e. The fraction of sp³-hybridized carbons (Fsp3) is 0.0385. The van der Waals surface area contributed by atoms with Gasteiger partial charge in [-0.05, 0) is 122 Å². The number of benzene rings is 6. The van der Waals surface area contributed by atoms with Crippen LogP contribution in [0, 0.1) is 13.8 Å². The number of imidazole rings is 2. The third-order valence-electron chi connectivity index (χ3n) is 10.9. The maximum absolute atomic E-state index is 4.92.